The molecule has 0 amide bonds. The molecule has 2 aromatic heterocycles. The van der Waals surface area contributed by atoms with Gasteiger partial charge in [-0.15, -0.1) is 0 Å². The second-order valence-corrected chi connectivity index (χ2v) is 4.96. The topological polar surface area (TPSA) is 73.3 Å². The fourth-order valence-electron chi connectivity index (χ4n) is 2.39. The number of nitrogens with one attached hydrogen (secondary N) is 1. The first-order valence-electron chi connectivity index (χ1n) is 6.57. The van der Waals surface area contributed by atoms with Gasteiger partial charge in [-0.3, -0.25) is 16.3 Å². The summed E-state index contributed by atoms with van der Waals surface area (Å²) in [5.74, 6) is 7.41. The van der Waals surface area contributed by atoms with Gasteiger partial charge in [-0.05, 0) is 26.8 Å². The highest BCUT2D eigenvalue weighted by atomic mass is 16.5. The second-order valence-electron chi connectivity index (χ2n) is 4.96. The third-order valence-electron chi connectivity index (χ3n) is 3.50. The Morgan fingerprint density at radius 3 is 2.70 bits per heavy atom. The lowest BCUT2D eigenvalue weighted by Crippen LogP contribution is -2.29. The SMILES string of the molecule is COc1c(C)cnc(CC(NN)c2coc(C)c2)c1C. The van der Waals surface area contributed by atoms with Crippen molar-refractivity contribution in [2.75, 3.05) is 7.11 Å². The van der Waals surface area contributed by atoms with Crippen LogP contribution in [0.15, 0.2) is 22.9 Å². The average molecular weight is 275 g/mol. The van der Waals surface area contributed by atoms with Crippen LogP contribution in [0.25, 0.3) is 0 Å². The fourth-order valence-corrected chi connectivity index (χ4v) is 2.39. The van der Waals surface area contributed by atoms with Crippen molar-refractivity contribution in [3.05, 3.63) is 46.7 Å². The van der Waals surface area contributed by atoms with Gasteiger partial charge in [-0.2, -0.15) is 0 Å². The van der Waals surface area contributed by atoms with Crippen LogP contribution in [0.3, 0.4) is 0 Å². The molecular weight excluding hydrogens is 254 g/mol. The minimum absolute atomic E-state index is 0.0361. The molecule has 0 aliphatic heterocycles. The highest BCUT2D eigenvalue weighted by molar-refractivity contribution is 5.41. The summed E-state index contributed by atoms with van der Waals surface area (Å²) in [6, 6.07) is 1.94. The molecule has 2 heterocycles. The largest absolute Gasteiger partial charge is 0.496 e. The van der Waals surface area contributed by atoms with Gasteiger partial charge in [0, 0.05) is 35.0 Å². The van der Waals surface area contributed by atoms with E-state index in [-0.39, 0.29) is 6.04 Å². The van der Waals surface area contributed by atoms with Crippen molar-refractivity contribution in [3.63, 3.8) is 0 Å². The van der Waals surface area contributed by atoms with Crippen LogP contribution in [-0.2, 0) is 6.42 Å². The van der Waals surface area contributed by atoms with Gasteiger partial charge in [-0.1, -0.05) is 0 Å². The Bertz CT molecular complexity index is 593. The van der Waals surface area contributed by atoms with Gasteiger partial charge in [0.15, 0.2) is 0 Å². The number of hydrogen-bond acceptors (Lipinski definition) is 5. The summed E-state index contributed by atoms with van der Waals surface area (Å²) in [4.78, 5) is 4.50. The maximum absolute atomic E-state index is 5.66. The molecule has 0 saturated carbocycles. The monoisotopic (exact) mass is 275 g/mol. The molecule has 0 saturated heterocycles. The molecular formula is C15H21N3O2. The van der Waals surface area contributed by atoms with Crippen molar-refractivity contribution in [1.29, 1.82) is 0 Å². The molecule has 2 aromatic rings. The summed E-state index contributed by atoms with van der Waals surface area (Å²) < 4.78 is 10.8. The lowest BCUT2D eigenvalue weighted by atomic mass is 10.0. The number of hydrazine groups is 1. The molecule has 5 nitrogen and oxygen atoms in total. The number of nitrogens with two attached hydrogens (primary N) is 1. The van der Waals surface area contributed by atoms with E-state index in [2.05, 4.69) is 10.4 Å². The first-order valence-corrected chi connectivity index (χ1v) is 6.57. The first kappa shape index (κ1) is 14.6. The third-order valence-corrected chi connectivity index (χ3v) is 3.50. The van der Waals surface area contributed by atoms with Crippen molar-refractivity contribution < 1.29 is 9.15 Å². The molecule has 3 N–H and O–H groups in total. The van der Waals surface area contributed by atoms with E-state index in [1.165, 1.54) is 0 Å². The molecule has 1 atom stereocenters. The van der Waals surface area contributed by atoms with Crippen molar-refractivity contribution in [3.8, 4) is 5.75 Å². The predicted octanol–water partition coefficient (Wildman–Crippen LogP) is 2.36. The van der Waals surface area contributed by atoms with Crippen LogP contribution in [0.2, 0.25) is 0 Å². The molecule has 20 heavy (non-hydrogen) atoms. The normalized spacial score (nSPS) is 12.4. The quantitative estimate of drug-likeness (QED) is 0.647. The van der Waals surface area contributed by atoms with Crippen molar-refractivity contribution in [1.82, 2.24) is 10.4 Å². The molecule has 0 bridgehead atoms. The first-order chi connectivity index (χ1) is 9.56. The van der Waals surface area contributed by atoms with Gasteiger partial charge in [-0.25, -0.2) is 0 Å². The van der Waals surface area contributed by atoms with Gasteiger partial charge >= 0.3 is 0 Å². The number of rotatable bonds is 5. The summed E-state index contributed by atoms with van der Waals surface area (Å²) in [6.45, 7) is 5.92. The van der Waals surface area contributed by atoms with E-state index in [0.717, 1.165) is 33.9 Å². The summed E-state index contributed by atoms with van der Waals surface area (Å²) in [7, 11) is 1.68. The van der Waals surface area contributed by atoms with Gasteiger partial charge < -0.3 is 9.15 Å². The minimum Gasteiger partial charge on any atom is -0.496 e. The molecule has 0 fully saturated rings. The van der Waals surface area contributed by atoms with Crippen LogP contribution >= 0.6 is 0 Å². The smallest absolute Gasteiger partial charge is 0.128 e. The molecule has 0 aliphatic carbocycles. The Morgan fingerprint density at radius 1 is 1.40 bits per heavy atom. The van der Waals surface area contributed by atoms with Crippen LogP contribution in [0.1, 0.15) is 34.2 Å². The number of furan rings is 1. The Hall–Kier alpha value is -1.85. The van der Waals surface area contributed by atoms with Gasteiger partial charge in [0.2, 0.25) is 0 Å². The van der Waals surface area contributed by atoms with E-state index in [1.54, 1.807) is 13.4 Å². The van der Waals surface area contributed by atoms with Gasteiger partial charge in [0.1, 0.15) is 11.5 Å². The zero-order valence-corrected chi connectivity index (χ0v) is 12.4. The minimum atomic E-state index is -0.0361. The summed E-state index contributed by atoms with van der Waals surface area (Å²) in [6.07, 6.45) is 4.23. The van der Waals surface area contributed by atoms with Gasteiger partial charge in [0.05, 0.1) is 19.4 Å². The van der Waals surface area contributed by atoms with Crippen LogP contribution in [-0.4, -0.2) is 12.1 Å². The molecule has 1 unspecified atom stereocenters. The Kier molecular flexibility index (Phi) is 4.42. The van der Waals surface area contributed by atoms with Crippen LogP contribution < -0.4 is 16.0 Å². The number of aromatic nitrogens is 1. The average Bonchev–Trinajstić information content (AvgIpc) is 2.85. The Labute approximate surface area is 119 Å². The number of methoxy groups -OCH3 is 1. The highest BCUT2D eigenvalue weighted by Crippen LogP contribution is 2.27. The van der Waals surface area contributed by atoms with Crippen molar-refractivity contribution in [2.45, 2.75) is 33.2 Å². The summed E-state index contributed by atoms with van der Waals surface area (Å²) >= 11 is 0. The van der Waals surface area contributed by atoms with Crippen LogP contribution in [0, 0.1) is 20.8 Å². The molecule has 5 heteroatoms. The predicted molar refractivity (Wildman–Crippen MR) is 77.5 cm³/mol. The fraction of sp³-hybridized carbons (Fsp3) is 0.400. The number of hydrogen-bond donors (Lipinski definition) is 2. The molecule has 0 aliphatic rings. The molecule has 0 radical (unpaired) electrons. The van der Waals surface area contributed by atoms with E-state index >= 15 is 0 Å². The van der Waals surface area contributed by atoms with E-state index in [0.29, 0.717) is 6.42 Å². The van der Waals surface area contributed by atoms with E-state index in [1.807, 2.05) is 33.0 Å². The van der Waals surface area contributed by atoms with E-state index in [9.17, 15) is 0 Å². The molecule has 108 valence electrons. The number of pyridine rings is 1. The van der Waals surface area contributed by atoms with E-state index < -0.39 is 0 Å². The lowest BCUT2D eigenvalue weighted by molar-refractivity contribution is 0.406. The third kappa shape index (κ3) is 2.84. The molecule has 0 spiro atoms. The maximum atomic E-state index is 5.66. The van der Waals surface area contributed by atoms with Crippen molar-refractivity contribution in [2.24, 2.45) is 5.84 Å². The number of nitrogens with zero attached hydrogens (tertiary/aromatic N) is 1. The van der Waals surface area contributed by atoms with Crippen LogP contribution in [0.5, 0.6) is 5.75 Å². The van der Waals surface area contributed by atoms with E-state index in [4.69, 9.17) is 15.0 Å². The maximum Gasteiger partial charge on any atom is 0.128 e. The second kappa shape index (κ2) is 6.07. The lowest BCUT2D eigenvalue weighted by Gasteiger charge is -2.17. The number of ether oxygens (including phenoxy) is 1. The summed E-state index contributed by atoms with van der Waals surface area (Å²) in [5, 5.41) is 0. The van der Waals surface area contributed by atoms with Crippen molar-refractivity contribution >= 4 is 0 Å². The zero-order valence-electron chi connectivity index (χ0n) is 12.4. The Balaban J connectivity index is 2.28. The standard InChI is InChI=1S/C15H21N3O2/c1-9-7-17-13(11(3)15(9)19-4)6-14(18-16)12-5-10(2)20-8-12/h5,7-8,14,18H,6,16H2,1-4H3. The molecule has 2 rings (SSSR count). The summed E-state index contributed by atoms with van der Waals surface area (Å²) in [5.41, 5.74) is 6.89. The van der Waals surface area contributed by atoms with Gasteiger partial charge in [0.25, 0.3) is 0 Å². The number of aryl methyl sites for hydroxylation is 2. The Morgan fingerprint density at radius 2 is 2.15 bits per heavy atom. The van der Waals surface area contributed by atoms with Crippen LogP contribution in [0.4, 0.5) is 0 Å². The molecule has 0 aromatic carbocycles. The zero-order chi connectivity index (χ0) is 14.7. The highest BCUT2D eigenvalue weighted by Gasteiger charge is 2.17.